The quantitative estimate of drug-likeness (QED) is 0.225. The van der Waals surface area contributed by atoms with Crippen LogP contribution < -0.4 is 15.9 Å². The highest BCUT2D eigenvalue weighted by Gasteiger charge is 2.03. The molecule has 0 spiro atoms. The standard InChI is InChI=1S/C16H23N5O.NO3/c1-3-4-5-8-18-16(17)21-20-11-12-10-19-15-7-6-13(22-2)9-14(12)15;2-1(3)4/h6-7,9-11,19H,3-5,8H2,1-2H3,(H3,17,18,21);/q;-1/b20-11-;. The van der Waals surface area contributed by atoms with E-state index in [1.165, 1.54) is 6.42 Å². The molecule has 26 heavy (non-hydrogen) atoms. The fourth-order valence-electron chi connectivity index (χ4n) is 2.12. The van der Waals surface area contributed by atoms with Crippen molar-refractivity contribution in [2.75, 3.05) is 13.7 Å². The number of hydrogen-bond acceptors (Lipinski definition) is 6. The molecule has 2 aromatic rings. The molecule has 0 saturated carbocycles. The zero-order valence-electron chi connectivity index (χ0n) is 14.8. The Morgan fingerprint density at radius 1 is 1.42 bits per heavy atom. The second-order valence-corrected chi connectivity index (χ2v) is 5.22. The molecule has 0 saturated heterocycles. The van der Waals surface area contributed by atoms with Crippen LogP contribution in [0.3, 0.4) is 0 Å². The van der Waals surface area contributed by atoms with E-state index in [4.69, 9.17) is 25.8 Å². The molecular weight excluding hydrogens is 340 g/mol. The average Bonchev–Trinajstić information content (AvgIpc) is 3.00. The Bertz CT molecular complexity index is 752. The Hall–Kier alpha value is -3.30. The summed E-state index contributed by atoms with van der Waals surface area (Å²) in [7, 11) is 1.65. The molecule has 0 amide bonds. The SMILES string of the molecule is CCCCCN=C(N)N/N=C\c1c[nH]c2ccc(OC)cc12.O=[N+]([O-])[O-]. The summed E-state index contributed by atoms with van der Waals surface area (Å²) in [6, 6.07) is 5.86. The number of guanidine groups is 1. The number of hydrazone groups is 1. The predicted molar refractivity (Wildman–Crippen MR) is 102 cm³/mol. The van der Waals surface area contributed by atoms with Crippen LogP contribution in [0.2, 0.25) is 0 Å². The molecule has 0 fully saturated rings. The van der Waals surface area contributed by atoms with Crippen LogP contribution in [-0.2, 0) is 0 Å². The summed E-state index contributed by atoms with van der Waals surface area (Å²) >= 11 is 0. The van der Waals surface area contributed by atoms with Gasteiger partial charge in [0.1, 0.15) is 5.75 Å². The summed E-state index contributed by atoms with van der Waals surface area (Å²) in [6.45, 7) is 2.89. The number of nitrogens with one attached hydrogen (secondary N) is 2. The van der Waals surface area contributed by atoms with Crippen LogP contribution in [0.4, 0.5) is 0 Å². The lowest BCUT2D eigenvalue weighted by molar-refractivity contribution is -0.402. The lowest BCUT2D eigenvalue weighted by Gasteiger charge is -2.00. The Morgan fingerprint density at radius 2 is 2.15 bits per heavy atom. The van der Waals surface area contributed by atoms with Crippen LogP contribution in [0.15, 0.2) is 34.5 Å². The monoisotopic (exact) mass is 363 g/mol. The molecule has 0 atom stereocenters. The van der Waals surface area contributed by atoms with E-state index in [2.05, 4.69) is 27.4 Å². The van der Waals surface area contributed by atoms with Crippen molar-refractivity contribution >= 4 is 23.1 Å². The zero-order chi connectivity index (χ0) is 19.4. The largest absolute Gasteiger partial charge is 0.497 e. The maximum Gasteiger partial charge on any atom is 0.209 e. The van der Waals surface area contributed by atoms with Gasteiger partial charge in [-0.25, -0.2) is 5.43 Å². The summed E-state index contributed by atoms with van der Waals surface area (Å²) in [6.07, 6.45) is 6.99. The predicted octanol–water partition coefficient (Wildman–Crippen LogP) is 2.37. The molecule has 2 rings (SSSR count). The zero-order valence-corrected chi connectivity index (χ0v) is 14.8. The van der Waals surface area contributed by atoms with Gasteiger partial charge in [-0.3, -0.25) is 4.99 Å². The first-order chi connectivity index (χ1) is 12.5. The minimum Gasteiger partial charge on any atom is -0.497 e. The molecule has 1 aromatic heterocycles. The average molecular weight is 363 g/mol. The molecule has 0 radical (unpaired) electrons. The number of methoxy groups -OCH3 is 1. The van der Waals surface area contributed by atoms with Crippen molar-refractivity contribution < 1.29 is 9.82 Å². The van der Waals surface area contributed by atoms with Gasteiger partial charge in [-0.15, -0.1) is 0 Å². The van der Waals surface area contributed by atoms with Crippen LogP contribution in [0, 0.1) is 15.3 Å². The minimum atomic E-state index is -1.75. The second kappa shape index (κ2) is 11.3. The summed E-state index contributed by atoms with van der Waals surface area (Å²) in [5, 5.41) is 19.9. The van der Waals surface area contributed by atoms with Gasteiger partial charge in [0.05, 0.1) is 18.4 Å². The van der Waals surface area contributed by atoms with Gasteiger partial charge in [0.15, 0.2) is 0 Å². The Kier molecular flexibility index (Phi) is 9.01. The number of hydrogen-bond donors (Lipinski definition) is 3. The molecule has 1 heterocycles. The van der Waals surface area contributed by atoms with E-state index >= 15 is 0 Å². The van der Waals surface area contributed by atoms with Crippen molar-refractivity contribution in [3.63, 3.8) is 0 Å². The molecule has 0 aliphatic carbocycles. The number of unbranched alkanes of at least 4 members (excludes halogenated alkanes) is 2. The molecule has 10 nitrogen and oxygen atoms in total. The summed E-state index contributed by atoms with van der Waals surface area (Å²) in [4.78, 5) is 15.7. The van der Waals surface area contributed by atoms with Gasteiger partial charge in [0.2, 0.25) is 5.96 Å². The number of aromatic amines is 1. The van der Waals surface area contributed by atoms with Crippen LogP contribution in [-0.4, -0.2) is 35.9 Å². The van der Waals surface area contributed by atoms with Gasteiger partial charge in [0, 0.05) is 29.2 Å². The summed E-state index contributed by atoms with van der Waals surface area (Å²) in [5.41, 5.74) is 10.5. The first-order valence-electron chi connectivity index (χ1n) is 8.03. The molecular formula is C16H23N6O4-. The topological polar surface area (TPSA) is 154 Å². The Morgan fingerprint density at radius 3 is 2.81 bits per heavy atom. The van der Waals surface area contributed by atoms with Gasteiger partial charge in [-0.1, -0.05) is 19.8 Å². The minimum absolute atomic E-state index is 0.338. The van der Waals surface area contributed by atoms with Gasteiger partial charge in [-0.2, -0.15) is 5.10 Å². The summed E-state index contributed by atoms with van der Waals surface area (Å²) < 4.78 is 5.24. The molecule has 142 valence electrons. The van der Waals surface area contributed by atoms with Crippen LogP contribution in [0.25, 0.3) is 10.9 Å². The smallest absolute Gasteiger partial charge is 0.209 e. The molecule has 0 unspecified atom stereocenters. The van der Waals surface area contributed by atoms with Gasteiger partial charge in [-0.05, 0) is 24.6 Å². The molecule has 1 aromatic carbocycles. The maximum atomic E-state index is 8.25. The van der Waals surface area contributed by atoms with Crippen molar-refractivity contribution in [1.29, 1.82) is 0 Å². The molecule has 0 aliphatic heterocycles. The number of ether oxygens (including phenoxy) is 1. The number of nitrogens with two attached hydrogens (primary N) is 1. The van der Waals surface area contributed by atoms with E-state index in [1.54, 1.807) is 13.3 Å². The first-order valence-corrected chi connectivity index (χ1v) is 8.03. The normalized spacial score (nSPS) is 11.2. The number of rotatable bonds is 7. The number of fused-ring (bicyclic) bond motifs is 1. The van der Waals surface area contributed by atoms with Gasteiger partial charge >= 0.3 is 0 Å². The van der Waals surface area contributed by atoms with Crippen LogP contribution in [0.5, 0.6) is 5.75 Å². The van der Waals surface area contributed by atoms with Crippen molar-refractivity contribution in [2.24, 2.45) is 15.8 Å². The lowest BCUT2D eigenvalue weighted by atomic mass is 10.2. The molecule has 0 bridgehead atoms. The third-order valence-corrected chi connectivity index (χ3v) is 3.35. The Balaban J connectivity index is 0.000000765. The van der Waals surface area contributed by atoms with E-state index in [0.29, 0.717) is 5.96 Å². The maximum absolute atomic E-state index is 8.25. The van der Waals surface area contributed by atoms with Gasteiger partial charge < -0.3 is 30.8 Å². The third kappa shape index (κ3) is 7.51. The van der Waals surface area contributed by atoms with Crippen molar-refractivity contribution in [2.45, 2.75) is 26.2 Å². The number of aliphatic imine (C=N–C) groups is 1. The highest BCUT2D eigenvalue weighted by atomic mass is 16.9. The van der Waals surface area contributed by atoms with E-state index in [-0.39, 0.29) is 0 Å². The van der Waals surface area contributed by atoms with Crippen LogP contribution in [0.1, 0.15) is 31.7 Å². The van der Waals surface area contributed by atoms with E-state index in [9.17, 15) is 0 Å². The lowest BCUT2D eigenvalue weighted by Crippen LogP contribution is -2.27. The molecule has 4 N–H and O–H groups in total. The van der Waals surface area contributed by atoms with E-state index in [0.717, 1.165) is 41.6 Å². The molecule has 0 aliphatic rings. The third-order valence-electron chi connectivity index (χ3n) is 3.35. The van der Waals surface area contributed by atoms with Gasteiger partial charge in [0.25, 0.3) is 0 Å². The number of benzene rings is 1. The highest BCUT2D eigenvalue weighted by molar-refractivity contribution is 5.99. The van der Waals surface area contributed by atoms with E-state index < -0.39 is 5.09 Å². The van der Waals surface area contributed by atoms with E-state index in [1.807, 2.05) is 24.4 Å². The van der Waals surface area contributed by atoms with Crippen LogP contribution >= 0.6 is 0 Å². The number of H-pyrrole nitrogens is 1. The fourth-order valence-corrected chi connectivity index (χ4v) is 2.12. The van der Waals surface area contributed by atoms with Crippen molar-refractivity contribution in [1.82, 2.24) is 10.4 Å². The number of aromatic nitrogens is 1. The highest BCUT2D eigenvalue weighted by Crippen LogP contribution is 2.22. The Labute approximate surface area is 150 Å². The van der Waals surface area contributed by atoms with Crippen molar-refractivity contribution in [3.05, 3.63) is 45.3 Å². The molecule has 10 heteroatoms. The summed E-state index contributed by atoms with van der Waals surface area (Å²) in [5.74, 6) is 1.15. The second-order valence-electron chi connectivity index (χ2n) is 5.22. The first kappa shape index (κ1) is 20.7. The number of nitrogens with zero attached hydrogens (tertiary/aromatic N) is 3. The fraction of sp³-hybridized carbons (Fsp3) is 0.375. The van der Waals surface area contributed by atoms with Crippen molar-refractivity contribution in [3.8, 4) is 5.75 Å².